The largest absolute Gasteiger partial charge is 0.399 e. The standard InChI is InChI=1S/C17H25N3O/c1-11-8-9-20(16-5-3-2-4-13(11)16)17(21)14-7-6-12(18)10-15(14)19/h6-7,10-11,13,16H,2-5,8-9,18-19H2,1H3. The lowest BCUT2D eigenvalue weighted by atomic mass is 9.72. The Morgan fingerprint density at radius 1 is 1.19 bits per heavy atom. The molecular weight excluding hydrogens is 262 g/mol. The van der Waals surface area contributed by atoms with Crippen LogP contribution in [0.15, 0.2) is 18.2 Å². The van der Waals surface area contributed by atoms with Crippen molar-refractivity contribution in [1.29, 1.82) is 0 Å². The molecule has 2 aliphatic rings. The molecule has 21 heavy (non-hydrogen) atoms. The fourth-order valence-electron chi connectivity index (χ4n) is 4.10. The molecule has 1 aliphatic heterocycles. The quantitative estimate of drug-likeness (QED) is 0.780. The molecule has 3 unspecified atom stereocenters. The third kappa shape index (κ3) is 2.59. The molecule has 1 amide bonds. The average Bonchev–Trinajstić information content (AvgIpc) is 2.47. The maximum atomic E-state index is 12.9. The summed E-state index contributed by atoms with van der Waals surface area (Å²) < 4.78 is 0. The van der Waals surface area contributed by atoms with Gasteiger partial charge in [0.15, 0.2) is 0 Å². The molecule has 1 aromatic rings. The highest BCUT2D eigenvalue weighted by Crippen LogP contribution is 2.39. The number of likely N-dealkylation sites (tertiary alicyclic amines) is 1. The maximum Gasteiger partial charge on any atom is 0.256 e. The summed E-state index contributed by atoms with van der Waals surface area (Å²) in [5.41, 5.74) is 13.4. The molecule has 4 nitrogen and oxygen atoms in total. The number of amides is 1. The minimum atomic E-state index is 0.0799. The van der Waals surface area contributed by atoms with Crippen LogP contribution in [0.4, 0.5) is 11.4 Å². The van der Waals surface area contributed by atoms with Crippen LogP contribution in [0, 0.1) is 11.8 Å². The number of fused-ring (bicyclic) bond motifs is 1. The van der Waals surface area contributed by atoms with Crippen molar-refractivity contribution in [3.05, 3.63) is 23.8 Å². The van der Waals surface area contributed by atoms with E-state index in [1.807, 2.05) is 0 Å². The minimum absolute atomic E-state index is 0.0799. The van der Waals surface area contributed by atoms with Gasteiger partial charge in [0, 0.05) is 24.0 Å². The lowest BCUT2D eigenvalue weighted by molar-refractivity contribution is 0.0218. The van der Waals surface area contributed by atoms with Crippen molar-refractivity contribution in [2.24, 2.45) is 11.8 Å². The van der Waals surface area contributed by atoms with E-state index in [0.29, 0.717) is 28.9 Å². The summed E-state index contributed by atoms with van der Waals surface area (Å²) in [4.78, 5) is 15.0. The smallest absolute Gasteiger partial charge is 0.256 e. The summed E-state index contributed by atoms with van der Waals surface area (Å²) in [7, 11) is 0. The molecule has 3 rings (SSSR count). The highest BCUT2D eigenvalue weighted by atomic mass is 16.2. The van der Waals surface area contributed by atoms with Gasteiger partial charge in [0.2, 0.25) is 0 Å². The average molecular weight is 287 g/mol. The molecule has 0 aromatic heterocycles. The van der Waals surface area contributed by atoms with Crippen LogP contribution in [0.1, 0.15) is 49.4 Å². The molecule has 1 saturated carbocycles. The fourth-order valence-corrected chi connectivity index (χ4v) is 4.10. The highest BCUT2D eigenvalue weighted by Gasteiger charge is 2.39. The van der Waals surface area contributed by atoms with Crippen LogP contribution in [0.3, 0.4) is 0 Å². The van der Waals surface area contributed by atoms with Crippen molar-refractivity contribution < 1.29 is 4.79 Å². The van der Waals surface area contributed by atoms with Crippen LogP contribution >= 0.6 is 0 Å². The van der Waals surface area contributed by atoms with Gasteiger partial charge in [-0.2, -0.15) is 0 Å². The molecule has 1 saturated heterocycles. The first-order valence-electron chi connectivity index (χ1n) is 8.04. The first-order chi connectivity index (χ1) is 10.1. The van der Waals surface area contributed by atoms with Crippen molar-refractivity contribution in [2.45, 2.75) is 45.1 Å². The van der Waals surface area contributed by atoms with Crippen LogP contribution in [0.25, 0.3) is 0 Å². The Hall–Kier alpha value is -1.71. The van der Waals surface area contributed by atoms with E-state index in [0.717, 1.165) is 25.3 Å². The van der Waals surface area contributed by atoms with Gasteiger partial charge in [-0.1, -0.05) is 19.8 Å². The molecular formula is C17H25N3O. The lowest BCUT2D eigenvalue weighted by Gasteiger charge is -2.47. The summed E-state index contributed by atoms with van der Waals surface area (Å²) in [6.07, 6.45) is 6.02. The number of rotatable bonds is 1. The Morgan fingerprint density at radius 2 is 1.95 bits per heavy atom. The summed E-state index contributed by atoms with van der Waals surface area (Å²) in [6, 6.07) is 5.60. The zero-order valence-corrected chi connectivity index (χ0v) is 12.7. The van der Waals surface area contributed by atoms with Crippen molar-refractivity contribution in [3.63, 3.8) is 0 Å². The molecule has 4 N–H and O–H groups in total. The predicted octanol–water partition coefficient (Wildman–Crippen LogP) is 2.89. The number of benzene rings is 1. The van der Waals surface area contributed by atoms with Crippen molar-refractivity contribution in [2.75, 3.05) is 18.0 Å². The second-order valence-electron chi connectivity index (χ2n) is 6.63. The first-order valence-corrected chi connectivity index (χ1v) is 8.04. The second kappa shape index (κ2) is 5.58. The van der Waals surface area contributed by atoms with Gasteiger partial charge >= 0.3 is 0 Å². The number of piperidine rings is 1. The van der Waals surface area contributed by atoms with E-state index in [-0.39, 0.29) is 5.91 Å². The number of hydrogen-bond donors (Lipinski definition) is 2. The molecule has 1 aromatic carbocycles. The fraction of sp³-hybridized carbons (Fsp3) is 0.588. The summed E-state index contributed by atoms with van der Waals surface area (Å²) >= 11 is 0. The predicted molar refractivity (Wildman–Crippen MR) is 85.8 cm³/mol. The molecule has 1 heterocycles. The zero-order chi connectivity index (χ0) is 15.0. The van der Waals surface area contributed by atoms with Crippen molar-refractivity contribution in [1.82, 2.24) is 4.90 Å². The highest BCUT2D eigenvalue weighted by molar-refractivity contribution is 6.00. The van der Waals surface area contributed by atoms with Gasteiger partial charge in [0.05, 0.1) is 5.56 Å². The summed E-state index contributed by atoms with van der Waals surface area (Å²) in [5, 5.41) is 0. The Labute approximate surface area is 126 Å². The van der Waals surface area contributed by atoms with Crippen LogP contribution in [-0.2, 0) is 0 Å². The van der Waals surface area contributed by atoms with E-state index in [4.69, 9.17) is 11.5 Å². The van der Waals surface area contributed by atoms with Gasteiger partial charge in [0.25, 0.3) is 5.91 Å². The molecule has 0 spiro atoms. The maximum absolute atomic E-state index is 12.9. The summed E-state index contributed by atoms with van der Waals surface area (Å²) in [5.74, 6) is 1.46. The number of carbonyl (C=O) groups excluding carboxylic acids is 1. The summed E-state index contributed by atoms with van der Waals surface area (Å²) in [6.45, 7) is 3.19. The van der Waals surface area contributed by atoms with E-state index >= 15 is 0 Å². The molecule has 3 atom stereocenters. The van der Waals surface area contributed by atoms with E-state index < -0.39 is 0 Å². The number of nitrogen functional groups attached to an aromatic ring is 2. The lowest BCUT2D eigenvalue weighted by Crippen LogP contribution is -2.52. The molecule has 4 heteroatoms. The number of nitrogens with zero attached hydrogens (tertiary/aromatic N) is 1. The monoisotopic (exact) mass is 287 g/mol. The van der Waals surface area contributed by atoms with Crippen LogP contribution in [0.5, 0.6) is 0 Å². The first kappa shape index (κ1) is 14.2. The van der Waals surface area contributed by atoms with E-state index in [1.165, 1.54) is 19.3 Å². The third-order valence-corrected chi connectivity index (χ3v) is 5.31. The van der Waals surface area contributed by atoms with Crippen molar-refractivity contribution in [3.8, 4) is 0 Å². The van der Waals surface area contributed by atoms with Crippen LogP contribution in [-0.4, -0.2) is 23.4 Å². The Bertz CT molecular complexity index is 543. The van der Waals surface area contributed by atoms with Gasteiger partial charge in [-0.3, -0.25) is 4.79 Å². The van der Waals surface area contributed by atoms with Crippen LogP contribution in [0.2, 0.25) is 0 Å². The van der Waals surface area contributed by atoms with E-state index in [9.17, 15) is 4.79 Å². The van der Waals surface area contributed by atoms with E-state index in [2.05, 4.69) is 11.8 Å². The molecule has 0 radical (unpaired) electrons. The number of anilines is 2. The van der Waals surface area contributed by atoms with Gasteiger partial charge in [-0.15, -0.1) is 0 Å². The Balaban J connectivity index is 1.86. The molecule has 2 fully saturated rings. The third-order valence-electron chi connectivity index (χ3n) is 5.31. The molecule has 0 bridgehead atoms. The van der Waals surface area contributed by atoms with Crippen molar-refractivity contribution >= 4 is 17.3 Å². The zero-order valence-electron chi connectivity index (χ0n) is 12.7. The second-order valence-corrected chi connectivity index (χ2v) is 6.63. The minimum Gasteiger partial charge on any atom is -0.399 e. The molecule has 114 valence electrons. The van der Waals surface area contributed by atoms with Gasteiger partial charge in [0.1, 0.15) is 0 Å². The Morgan fingerprint density at radius 3 is 2.71 bits per heavy atom. The van der Waals surface area contributed by atoms with Gasteiger partial charge in [-0.05, 0) is 49.3 Å². The Kier molecular flexibility index (Phi) is 3.79. The number of nitrogens with two attached hydrogens (primary N) is 2. The van der Waals surface area contributed by atoms with Gasteiger partial charge < -0.3 is 16.4 Å². The SMILES string of the molecule is CC1CCN(C(=O)c2ccc(N)cc2N)C2CCCCC12. The van der Waals surface area contributed by atoms with Crippen LogP contribution < -0.4 is 11.5 Å². The van der Waals surface area contributed by atoms with Gasteiger partial charge in [-0.25, -0.2) is 0 Å². The number of hydrogen-bond acceptors (Lipinski definition) is 3. The topological polar surface area (TPSA) is 72.3 Å². The molecule has 1 aliphatic carbocycles. The normalized spacial score (nSPS) is 29.0. The number of carbonyl (C=O) groups is 1. The van der Waals surface area contributed by atoms with E-state index in [1.54, 1.807) is 18.2 Å².